The first-order chi connectivity index (χ1) is 11.1. The van der Waals surface area contributed by atoms with Gasteiger partial charge in [0, 0.05) is 23.3 Å². The monoisotopic (exact) mass is 344 g/mol. The predicted molar refractivity (Wildman–Crippen MR) is 101 cm³/mol. The van der Waals surface area contributed by atoms with E-state index in [-0.39, 0.29) is 5.91 Å². The highest BCUT2D eigenvalue weighted by Gasteiger charge is 2.11. The maximum absolute atomic E-state index is 12.0. The summed E-state index contributed by atoms with van der Waals surface area (Å²) in [5.74, 6) is -0.265. The van der Waals surface area contributed by atoms with Crippen molar-refractivity contribution in [2.24, 2.45) is 0 Å². The minimum absolute atomic E-state index is 0.265. The fourth-order valence-corrected chi connectivity index (χ4v) is 2.47. The quantitative estimate of drug-likeness (QED) is 0.663. The summed E-state index contributed by atoms with van der Waals surface area (Å²) < 4.78 is 0. The molecule has 2 aromatic rings. The Labute approximate surface area is 146 Å². The van der Waals surface area contributed by atoms with Crippen LogP contribution in [-0.2, 0) is 4.79 Å². The SMILES string of the molecule is CCN(C(=S)NC(=O)/C=C/c1ccc(Cl)cc1)c1ccccc1. The smallest absolute Gasteiger partial charge is 0.250 e. The Morgan fingerprint density at radius 2 is 1.83 bits per heavy atom. The van der Waals surface area contributed by atoms with Gasteiger partial charge in [-0.25, -0.2) is 0 Å². The van der Waals surface area contributed by atoms with E-state index in [9.17, 15) is 4.79 Å². The van der Waals surface area contributed by atoms with Crippen LogP contribution < -0.4 is 10.2 Å². The summed E-state index contributed by atoms with van der Waals surface area (Å²) in [7, 11) is 0. The highest BCUT2D eigenvalue weighted by molar-refractivity contribution is 7.80. The molecular weight excluding hydrogens is 328 g/mol. The summed E-state index contributed by atoms with van der Waals surface area (Å²) in [6.45, 7) is 2.65. The van der Waals surface area contributed by atoms with Crippen LogP contribution in [0.5, 0.6) is 0 Å². The number of halogens is 1. The van der Waals surface area contributed by atoms with Crippen molar-refractivity contribution < 1.29 is 4.79 Å². The van der Waals surface area contributed by atoms with Crippen molar-refractivity contribution in [1.29, 1.82) is 0 Å². The van der Waals surface area contributed by atoms with E-state index in [0.717, 1.165) is 11.3 Å². The van der Waals surface area contributed by atoms with Gasteiger partial charge in [0.15, 0.2) is 5.11 Å². The summed E-state index contributed by atoms with van der Waals surface area (Å²) >= 11 is 11.1. The molecule has 3 nitrogen and oxygen atoms in total. The van der Waals surface area contributed by atoms with Crippen LogP contribution in [0.4, 0.5) is 5.69 Å². The summed E-state index contributed by atoms with van der Waals surface area (Å²) in [4.78, 5) is 13.9. The molecule has 1 N–H and O–H groups in total. The largest absolute Gasteiger partial charge is 0.319 e. The Balaban J connectivity index is 1.98. The zero-order chi connectivity index (χ0) is 16.7. The summed E-state index contributed by atoms with van der Waals surface area (Å²) in [5.41, 5.74) is 1.84. The molecule has 2 aromatic carbocycles. The first-order valence-electron chi connectivity index (χ1n) is 7.21. The number of para-hydroxylation sites is 1. The van der Waals surface area contributed by atoms with E-state index in [1.807, 2.05) is 54.3 Å². The molecule has 0 aromatic heterocycles. The van der Waals surface area contributed by atoms with Crippen LogP contribution in [0.2, 0.25) is 5.02 Å². The fraction of sp³-hybridized carbons (Fsp3) is 0.111. The Bertz CT molecular complexity index is 699. The van der Waals surface area contributed by atoms with Gasteiger partial charge in [0.2, 0.25) is 5.91 Å². The molecule has 0 aliphatic carbocycles. The van der Waals surface area contributed by atoms with Gasteiger partial charge >= 0.3 is 0 Å². The third-order valence-electron chi connectivity index (χ3n) is 3.16. The van der Waals surface area contributed by atoms with Crippen molar-refractivity contribution in [2.75, 3.05) is 11.4 Å². The van der Waals surface area contributed by atoms with E-state index in [2.05, 4.69) is 5.32 Å². The van der Waals surface area contributed by atoms with Crippen LogP contribution in [0.3, 0.4) is 0 Å². The first-order valence-corrected chi connectivity index (χ1v) is 8.00. The molecule has 0 aliphatic rings. The van der Waals surface area contributed by atoms with Gasteiger partial charge < -0.3 is 4.90 Å². The number of rotatable bonds is 4. The predicted octanol–water partition coefficient (Wildman–Crippen LogP) is 4.28. The normalized spacial score (nSPS) is 10.5. The molecule has 0 saturated heterocycles. The maximum atomic E-state index is 12.0. The first kappa shape index (κ1) is 17.2. The van der Waals surface area contributed by atoms with Crippen LogP contribution in [0.1, 0.15) is 12.5 Å². The average Bonchev–Trinajstić information content (AvgIpc) is 2.56. The molecule has 2 rings (SSSR count). The van der Waals surface area contributed by atoms with E-state index in [4.69, 9.17) is 23.8 Å². The number of carbonyl (C=O) groups excluding carboxylic acids is 1. The van der Waals surface area contributed by atoms with Gasteiger partial charge in [-0.2, -0.15) is 0 Å². The van der Waals surface area contributed by atoms with Crippen LogP contribution >= 0.6 is 23.8 Å². The molecule has 0 unspecified atom stereocenters. The second-order valence-corrected chi connectivity index (χ2v) is 5.58. The van der Waals surface area contributed by atoms with E-state index in [0.29, 0.717) is 16.7 Å². The number of nitrogens with zero attached hydrogens (tertiary/aromatic N) is 1. The van der Waals surface area contributed by atoms with Crippen LogP contribution in [-0.4, -0.2) is 17.6 Å². The third-order valence-corrected chi connectivity index (χ3v) is 3.73. The molecule has 0 saturated carbocycles. The van der Waals surface area contributed by atoms with Crippen molar-refractivity contribution in [3.8, 4) is 0 Å². The van der Waals surface area contributed by atoms with Crippen molar-refractivity contribution in [3.05, 3.63) is 71.3 Å². The van der Waals surface area contributed by atoms with Gasteiger partial charge in [0.05, 0.1) is 0 Å². The molecule has 0 aliphatic heterocycles. The van der Waals surface area contributed by atoms with Crippen LogP contribution in [0, 0.1) is 0 Å². The zero-order valence-corrected chi connectivity index (χ0v) is 14.3. The molecular formula is C18H17ClN2OS. The zero-order valence-electron chi connectivity index (χ0n) is 12.7. The highest BCUT2D eigenvalue weighted by atomic mass is 35.5. The van der Waals surface area contributed by atoms with Crippen molar-refractivity contribution in [2.45, 2.75) is 6.92 Å². The Hall–Kier alpha value is -2.17. The summed E-state index contributed by atoms with van der Waals surface area (Å²) in [6, 6.07) is 16.9. The van der Waals surface area contributed by atoms with E-state index in [1.165, 1.54) is 6.08 Å². The van der Waals surface area contributed by atoms with E-state index < -0.39 is 0 Å². The lowest BCUT2D eigenvalue weighted by Gasteiger charge is -2.23. The van der Waals surface area contributed by atoms with Gasteiger partial charge in [-0.3, -0.25) is 10.1 Å². The Morgan fingerprint density at radius 1 is 1.17 bits per heavy atom. The molecule has 118 valence electrons. The van der Waals surface area contributed by atoms with Gasteiger partial charge in [-0.15, -0.1) is 0 Å². The molecule has 0 heterocycles. The Kier molecular flexibility index (Phi) is 6.32. The second kappa shape index (κ2) is 8.46. The Morgan fingerprint density at radius 3 is 2.43 bits per heavy atom. The van der Waals surface area contributed by atoms with Gasteiger partial charge in [-0.05, 0) is 55.0 Å². The molecule has 0 atom stereocenters. The van der Waals surface area contributed by atoms with Gasteiger partial charge in [0.25, 0.3) is 0 Å². The van der Waals surface area contributed by atoms with Gasteiger partial charge in [0.1, 0.15) is 0 Å². The van der Waals surface area contributed by atoms with Gasteiger partial charge in [-0.1, -0.05) is 41.9 Å². The molecule has 0 spiro atoms. The molecule has 0 fully saturated rings. The van der Waals surface area contributed by atoms with E-state index >= 15 is 0 Å². The molecule has 5 heteroatoms. The number of benzene rings is 2. The fourth-order valence-electron chi connectivity index (χ4n) is 2.01. The lowest BCUT2D eigenvalue weighted by Crippen LogP contribution is -2.42. The second-order valence-electron chi connectivity index (χ2n) is 4.76. The lowest BCUT2D eigenvalue weighted by molar-refractivity contribution is -0.115. The highest BCUT2D eigenvalue weighted by Crippen LogP contribution is 2.13. The van der Waals surface area contributed by atoms with Crippen molar-refractivity contribution in [1.82, 2.24) is 5.32 Å². The third kappa shape index (κ3) is 5.20. The lowest BCUT2D eigenvalue weighted by atomic mass is 10.2. The topological polar surface area (TPSA) is 32.3 Å². The number of hydrogen-bond donors (Lipinski definition) is 1. The summed E-state index contributed by atoms with van der Waals surface area (Å²) in [5, 5.41) is 3.76. The number of carbonyl (C=O) groups is 1. The molecule has 23 heavy (non-hydrogen) atoms. The molecule has 0 bridgehead atoms. The van der Waals surface area contributed by atoms with Crippen LogP contribution in [0.15, 0.2) is 60.7 Å². The number of nitrogens with one attached hydrogen (secondary N) is 1. The molecule has 0 radical (unpaired) electrons. The minimum atomic E-state index is -0.265. The average molecular weight is 345 g/mol. The van der Waals surface area contributed by atoms with E-state index in [1.54, 1.807) is 18.2 Å². The maximum Gasteiger partial charge on any atom is 0.250 e. The van der Waals surface area contributed by atoms with Crippen LogP contribution in [0.25, 0.3) is 6.08 Å². The number of amides is 1. The number of hydrogen-bond acceptors (Lipinski definition) is 2. The number of thiocarbonyl (C=S) groups is 1. The van der Waals surface area contributed by atoms with Crippen molar-refractivity contribution in [3.63, 3.8) is 0 Å². The van der Waals surface area contributed by atoms with Crippen molar-refractivity contribution >= 4 is 46.6 Å². The minimum Gasteiger partial charge on any atom is -0.319 e. The number of anilines is 1. The summed E-state index contributed by atoms with van der Waals surface area (Å²) in [6.07, 6.45) is 3.17. The molecule has 1 amide bonds. The standard InChI is InChI=1S/C18H17ClN2OS/c1-2-21(16-6-4-3-5-7-16)18(23)20-17(22)13-10-14-8-11-15(19)12-9-14/h3-13H,2H2,1H3,(H,20,22,23)/b13-10+.